The Balaban J connectivity index is 1.79. The first-order valence-electron chi connectivity index (χ1n) is 6.15. The number of nitrogens with one attached hydrogen (secondary N) is 1. The number of aryl methyl sites for hydroxylation is 1. The third-order valence-electron chi connectivity index (χ3n) is 3.39. The van der Waals surface area contributed by atoms with Gasteiger partial charge in [0.1, 0.15) is 0 Å². The zero-order valence-corrected chi connectivity index (χ0v) is 10.9. The molecule has 5 heteroatoms. The standard InChI is InChI=1S/C14H11N3OS/c18-13-4-2-9-7-10(1-3-11(9)15-13)12-8-17-5-6-19-14(17)16-12/h1,3,5-8H,2,4H2,(H,15,18). The summed E-state index contributed by atoms with van der Waals surface area (Å²) in [4.78, 5) is 16.9. The van der Waals surface area contributed by atoms with E-state index in [4.69, 9.17) is 0 Å². The third kappa shape index (κ3) is 1.74. The summed E-state index contributed by atoms with van der Waals surface area (Å²) in [6, 6.07) is 6.10. The highest BCUT2D eigenvalue weighted by molar-refractivity contribution is 7.15. The SMILES string of the molecule is O=C1CCc2cc(-c3cn4ccsc4n3)ccc2N1. The van der Waals surface area contributed by atoms with Gasteiger partial charge in [0.05, 0.1) is 5.69 Å². The van der Waals surface area contributed by atoms with E-state index < -0.39 is 0 Å². The fourth-order valence-corrected chi connectivity index (χ4v) is 3.11. The van der Waals surface area contributed by atoms with Crippen molar-refractivity contribution in [1.82, 2.24) is 9.38 Å². The van der Waals surface area contributed by atoms with E-state index >= 15 is 0 Å². The maximum Gasteiger partial charge on any atom is 0.224 e. The van der Waals surface area contributed by atoms with Crippen LogP contribution in [0.1, 0.15) is 12.0 Å². The van der Waals surface area contributed by atoms with Gasteiger partial charge in [-0.3, -0.25) is 9.20 Å². The van der Waals surface area contributed by atoms with Gasteiger partial charge in [-0.1, -0.05) is 6.07 Å². The number of benzene rings is 1. The molecule has 1 aliphatic heterocycles. The van der Waals surface area contributed by atoms with Gasteiger partial charge in [-0.15, -0.1) is 11.3 Å². The minimum absolute atomic E-state index is 0.0998. The molecule has 1 aliphatic rings. The normalized spacial score (nSPS) is 14.4. The molecule has 4 rings (SSSR count). The molecule has 19 heavy (non-hydrogen) atoms. The molecule has 0 radical (unpaired) electrons. The lowest BCUT2D eigenvalue weighted by Gasteiger charge is -2.17. The van der Waals surface area contributed by atoms with E-state index in [9.17, 15) is 4.79 Å². The van der Waals surface area contributed by atoms with E-state index in [-0.39, 0.29) is 5.91 Å². The van der Waals surface area contributed by atoms with Crippen molar-refractivity contribution in [3.8, 4) is 11.3 Å². The maximum absolute atomic E-state index is 11.3. The number of amides is 1. The van der Waals surface area contributed by atoms with Crippen molar-refractivity contribution in [2.24, 2.45) is 0 Å². The van der Waals surface area contributed by atoms with Crippen LogP contribution in [0.2, 0.25) is 0 Å². The zero-order valence-electron chi connectivity index (χ0n) is 10.1. The van der Waals surface area contributed by atoms with Crippen LogP contribution < -0.4 is 5.32 Å². The van der Waals surface area contributed by atoms with E-state index in [1.165, 1.54) is 5.56 Å². The van der Waals surface area contributed by atoms with Crippen LogP contribution in [0.25, 0.3) is 16.2 Å². The Kier molecular flexibility index (Phi) is 2.22. The summed E-state index contributed by atoms with van der Waals surface area (Å²) in [5.74, 6) is 0.0998. The Labute approximate surface area is 113 Å². The number of fused-ring (bicyclic) bond motifs is 2. The lowest BCUT2D eigenvalue weighted by molar-refractivity contribution is -0.116. The van der Waals surface area contributed by atoms with Crippen molar-refractivity contribution in [2.75, 3.05) is 5.32 Å². The number of aromatic nitrogens is 2. The lowest BCUT2D eigenvalue weighted by Crippen LogP contribution is -2.18. The second kappa shape index (κ2) is 3.93. The zero-order chi connectivity index (χ0) is 12.8. The second-order valence-corrected chi connectivity index (χ2v) is 5.51. The Morgan fingerprint density at radius 2 is 2.26 bits per heavy atom. The van der Waals surface area contributed by atoms with Gasteiger partial charge < -0.3 is 5.32 Å². The summed E-state index contributed by atoms with van der Waals surface area (Å²) in [5, 5.41) is 4.92. The number of imidazole rings is 1. The van der Waals surface area contributed by atoms with E-state index in [2.05, 4.69) is 16.4 Å². The van der Waals surface area contributed by atoms with Crippen LogP contribution in [0.4, 0.5) is 5.69 Å². The van der Waals surface area contributed by atoms with Gasteiger partial charge in [0.25, 0.3) is 0 Å². The first kappa shape index (κ1) is 10.8. The number of hydrogen-bond donors (Lipinski definition) is 1. The first-order chi connectivity index (χ1) is 9.29. The Morgan fingerprint density at radius 1 is 1.32 bits per heavy atom. The van der Waals surface area contributed by atoms with Crippen molar-refractivity contribution in [3.63, 3.8) is 0 Å². The topological polar surface area (TPSA) is 46.4 Å². The molecule has 0 bridgehead atoms. The van der Waals surface area contributed by atoms with Gasteiger partial charge in [0.15, 0.2) is 4.96 Å². The molecule has 3 aromatic rings. The van der Waals surface area contributed by atoms with Crippen LogP contribution in [-0.4, -0.2) is 15.3 Å². The molecule has 0 spiro atoms. The largest absolute Gasteiger partial charge is 0.326 e. The minimum atomic E-state index is 0.0998. The van der Waals surface area contributed by atoms with Crippen LogP contribution in [0.5, 0.6) is 0 Å². The average Bonchev–Trinajstić information content (AvgIpc) is 2.98. The Morgan fingerprint density at radius 3 is 3.16 bits per heavy atom. The highest BCUT2D eigenvalue weighted by Crippen LogP contribution is 2.29. The predicted molar refractivity (Wildman–Crippen MR) is 75.5 cm³/mol. The summed E-state index contributed by atoms with van der Waals surface area (Å²) in [6.07, 6.45) is 5.41. The molecule has 0 atom stereocenters. The number of carbonyl (C=O) groups excluding carboxylic acids is 1. The molecule has 0 saturated heterocycles. The van der Waals surface area contributed by atoms with Gasteiger partial charge in [0, 0.05) is 35.4 Å². The molecule has 0 fully saturated rings. The molecule has 2 aromatic heterocycles. The van der Waals surface area contributed by atoms with Gasteiger partial charge >= 0.3 is 0 Å². The predicted octanol–water partition coefficient (Wildman–Crippen LogP) is 2.95. The molecule has 0 unspecified atom stereocenters. The van der Waals surface area contributed by atoms with E-state index in [1.54, 1.807) is 11.3 Å². The van der Waals surface area contributed by atoms with Gasteiger partial charge in [-0.05, 0) is 24.1 Å². The highest BCUT2D eigenvalue weighted by Gasteiger charge is 2.15. The van der Waals surface area contributed by atoms with Crippen LogP contribution in [0.3, 0.4) is 0 Å². The number of anilines is 1. The molecule has 4 nitrogen and oxygen atoms in total. The lowest BCUT2D eigenvalue weighted by atomic mass is 9.99. The fourth-order valence-electron chi connectivity index (χ4n) is 2.41. The molecule has 0 saturated carbocycles. The summed E-state index contributed by atoms with van der Waals surface area (Å²) in [6.45, 7) is 0. The summed E-state index contributed by atoms with van der Waals surface area (Å²) < 4.78 is 2.03. The number of hydrogen-bond acceptors (Lipinski definition) is 3. The van der Waals surface area contributed by atoms with E-state index in [1.807, 2.05) is 34.3 Å². The van der Waals surface area contributed by atoms with Crippen LogP contribution in [0.15, 0.2) is 36.0 Å². The van der Waals surface area contributed by atoms with Crippen LogP contribution in [-0.2, 0) is 11.2 Å². The van der Waals surface area contributed by atoms with Gasteiger partial charge in [-0.2, -0.15) is 0 Å². The molecular formula is C14H11N3OS. The molecular weight excluding hydrogens is 258 g/mol. The maximum atomic E-state index is 11.3. The number of nitrogens with zero attached hydrogens (tertiary/aromatic N) is 2. The smallest absolute Gasteiger partial charge is 0.224 e. The highest BCUT2D eigenvalue weighted by atomic mass is 32.1. The molecule has 1 amide bonds. The van der Waals surface area contributed by atoms with Crippen LogP contribution in [0, 0.1) is 0 Å². The van der Waals surface area contributed by atoms with Crippen molar-refractivity contribution in [3.05, 3.63) is 41.5 Å². The first-order valence-corrected chi connectivity index (χ1v) is 7.03. The average molecular weight is 269 g/mol. The monoisotopic (exact) mass is 269 g/mol. The van der Waals surface area contributed by atoms with Crippen molar-refractivity contribution < 1.29 is 4.79 Å². The minimum Gasteiger partial charge on any atom is -0.326 e. The fraction of sp³-hybridized carbons (Fsp3) is 0.143. The van der Waals surface area contributed by atoms with Crippen molar-refractivity contribution in [1.29, 1.82) is 0 Å². The molecule has 3 heterocycles. The molecule has 0 aliphatic carbocycles. The van der Waals surface area contributed by atoms with E-state index in [0.717, 1.165) is 28.3 Å². The van der Waals surface area contributed by atoms with Crippen LogP contribution >= 0.6 is 11.3 Å². The van der Waals surface area contributed by atoms with Gasteiger partial charge in [0.2, 0.25) is 5.91 Å². The number of thiazole rings is 1. The Bertz CT molecular complexity index is 758. The third-order valence-corrected chi connectivity index (χ3v) is 4.16. The molecule has 94 valence electrons. The number of carbonyl (C=O) groups is 1. The number of rotatable bonds is 1. The molecule has 1 aromatic carbocycles. The second-order valence-electron chi connectivity index (χ2n) is 4.64. The van der Waals surface area contributed by atoms with Crippen molar-refractivity contribution >= 4 is 27.9 Å². The summed E-state index contributed by atoms with van der Waals surface area (Å²) >= 11 is 1.63. The summed E-state index contributed by atoms with van der Waals surface area (Å²) in [7, 11) is 0. The Hall–Kier alpha value is -2.14. The van der Waals surface area contributed by atoms with Gasteiger partial charge in [-0.25, -0.2) is 4.98 Å². The quantitative estimate of drug-likeness (QED) is 0.738. The molecule has 1 N–H and O–H groups in total. The van der Waals surface area contributed by atoms with E-state index in [0.29, 0.717) is 6.42 Å². The van der Waals surface area contributed by atoms with Crippen molar-refractivity contribution in [2.45, 2.75) is 12.8 Å². The summed E-state index contributed by atoms with van der Waals surface area (Å²) in [5.41, 5.74) is 4.20.